The molecule has 1 aliphatic rings. The van der Waals surface area contributed by atoms with Crippen LogP contribution in [0.25, 0.3) is 0 Å². The van der Waals surface area contributed by atoms with Gasteiger partial charge in [0.15, 0.2) is 0 Å². The summed E-state index contributed by atoms with van der Waals surface area (Å²) in [7, 11) is 1.51. The van der Waals surface area contributed by atoms with Crippen molar-refractivity contribution in [2.24, 2.45) is 5.92 Å². The Morgan fingerprint density at radius 2 is 1.88 bits per heavy atom. The molecule has 0 spiro atoms. The summed E-state index contributed by atoms with van der Waals surface area (Å²) in [4.78, 5) is 37.5. The number of hydrogen-bond donors (Lipinski definition) is 1. The van der Waals surface area contributed by atoms with E-state index in [0.717, 1.165) is 0 Å². The average molecular weight is 484 g/mol. The molecule has 0 atom stereocenters. The average Bonchev–Trinajstić information content (AvgIpc) is 2.83. The normalized spacial score (nSPS) is 17.2. The number of ether oxygens (including phenoxy) is 2. The van der Waals surface area contributed by atoms with E-state index in [9.17, 15) is 19.6 Å². The van der Waals surface area contributed by atoms with Gasteiger partial charge in [-0.3, -0.25) is 19.8 Å². The molecule has 8 nitrogen and oxygen atoms in total. The Hall–Kier alpha value is -3.57. The second kappa shape index (κ2) is 11.5. The first-order valence-corrected chi connectivity index (χ1v) is 11.3. The molecule has 3 rings (SSSR count). The molecule has 0 aliphatic heterocycles. The number of hydrogen-bond acceptors (Lipinski definition) is 6. The molecule has 1 fully saturated rings. The summed E-state index contributed by atoms with van der Waals surface area (Å²) < 4.78 is 10.4. The van der Waals surface area contributed by atoms with E-state index < -0.39 is 5.91 Å². The van der Waals surface area contributed by atoms with E-state index in [4.69, 9.17) is 21.1 Å². The van der Waals surface area contributed by atoms with E-state index >= 15 is 0 Å². The van der Waals surface area contributed by atoms with E-state index in [-0.39, 0.29) is 36.0 Å². The molecule has 34 heavy (non-hydrogen) atoms. The molecule has 0 bridgehead atoms. The third kappa shape index (κ3) is 6.49. The molecular weight excluding hydrogens is 458 g/mol. The molecule has 1 aliphatic carbocycles. The number of amides is 2. The van der Waals surface area contributed by atoms with Crippen LogP contribution in [0.15, 0.2) is 42.5 Å². The minimum Gasteiger partial charge on any atom is -0.495 e. The summed E-state index contributed by atoms with van der Waals surface area (Å²) in [5, 5.41) is 10.8. The Labute approximate surface area is 203 Å². The Morgan fingerprint density at radius 3 is 2.50 bits per heavy atom. The van der Waals surface area contributed by atoms with Gasteiger partial charge < -0.3 is 9.47 Å². The van der Waals surface area contributed by atoms with Crippen LogP contribution in [0.5, 0.6) is 5.75 Å². The highest BCUT2D eigenvalue weighted by Gasteiger charge is 2.30. The molecule has 1 N–H and O–H groups in total. The zero-order valence-corrected chi connectivity index (χ0v) is 19.8. The summed E-state index contributed by atoms with van der Waals surface area (Å²) in [6.07, 6.45) is 2.08. The van der Waals surface area contributed by atoms with E-state index in [1.54, 1.807) is 36.4 Å². The first-order chi connectivity index (χ1) is 16.3. The molecule has 9 heteroatoms. The predicted octanol–water partition coefficient (Wildman–Crippen LogP) is 4.02. The van der Waals surface area contributed by atoms with Crippen LogP contribution in [0.1, 0.15) is 54.1 Å². The van der Waals surface area contributed by atoms with Crippen LogP contribution in [0, 0.1) is 17.2 Å². The number of rotatable bonds is 6. The number of carbonyl (C=O) groups excluding carboxylic acids is 3. The number of benzene rings is 2. The van der Waals surface area contributed by atoms with E-state index in [1.165, 1.54) is 25.1 Å². The second-order valence-electron chi connectivity index (χ2n) is 8.11. The van der Waals surface area contributed by atoms with Gasteiger partial charge in [-0.15, -0.1) is 0 Å². The van der Waals surface area contributed by atoms with Crippen molar-refractivity contribution in [3.63, 3.8) is 0 Å². The van der Waals surface area contributed by atoms with Crippen molar-refractivity contribution in [2.75, 3.05) is 7.11 Å². The van der Waals surface area contributed by atoms with Gasteiger partial charge in [0.2, 0.25) is 5.91 Å². The van der Waals surface area contributed by atoms with Crippen LogP contribution in [0.3, 0.4) is 0 Å². The summed E-state index contributed by atoms with van der Waals surface area (Å²) in [6.45, 7) is 1.43. The van der Waals surface area contributed by atoms with E-state index in [0.29, 0.717) is 47.6 Å². The first kappa shape index (κ1) is 25.1. The lowest BCUT2D eigenvalue weighted by atomic mass is 9.87. The highest BCUT2D eigenvalue weighted by atomic mass is 35.5. The number of methoxy groups -OCH3 is 1. The number of nitriles is 1. The molecule has 0 radical (unpaired) electrons. The van der Waals surface area contributed by atoms with Crippen molar-refractivity contribution in [3.8, 4) is 11.8 Å². The van der Waals surface area contributed by atoms with Crippen LogP contribution < -0.4 is 10.2 Å². The zero-order valence-electron chi connectivity index (χ0n) is 19.0. The van der Waals surface area contributed by atoms with Crippen molar-refractivity contribution in [1.82, 2.24) is 10.4 Å². The minimum atomic E-state index is -0.453. The molecular formula is C25H26ClN3O5. The number of esters is 1. The summed E-state index contributed by atoms with van der Waals surface area (Å²) >= 11 is 6.24. The minimum absolute atomic E-state index is 0.0634. The summed E-state index contributed by atoms with van der Waals surface area (Å²) in [5.74, 6) is -0.885. The molecule has 0 saturated heterocycles. The number of nitrogens with one attached hydrogen (secondary N) is 1. The van der Waals surface area contributed by atoms with Crippen LogP contribution in [-0.2, 0) is 20.9 Å². The maximum absolute atomic E-state index is 13.3. The van der Waals surface area contributed by atoms with Gasteiger partial charge in [-0.05, 0) is 61.6 Å². The van der Waals surface area contributed by atoms with Gasteiger partial charge in [-0.25, -0.2) is 5.01 Å². The fourth-order valence-electron chi connectivity index (χ4n) is 3.93. The van der Waals surface area contributed by atoms with Crippen LogP contribution in [-0.4, -0.2) is 36.0 Å². The SMILES string of the molecule is COc1ccc(CN(NC(=O)[C@H]2CC[C@H](OC(C)=O)CC2)C(=O)c2cccc(C#N)c2)cc1Cl. The molecule has 2 amide bonds. The van der Waals surface area contributed by atoms with Gasteiger partial charge in [0.1, 0.15) is 11.9 Å². The molecule has 1 saturated carbocycles. The predicted molar refractivity (Wildman–Crippen MR) is 125 cm³/mol. The standard InChI is InChI=1S/C25H26ClN3O5/c1-16(30)34-21-9-7-19(8-10-21)24(31)28-29(15-18-6-11-23(33-2)22(26)13-18)25(32)20-5-3-4-17(12-20)14-27/h3-6,11-13,19,21H,7-10,15H2,1-2H3,(H,28,31)/t19-,21-. The lowest BCUT2D eigenvalue weighted by molar-refractivity contribution is -0.148. The highest BCUT2D eigenvalue weighted by molar-refractivity contribution is 6.32. The number of nitrogens with zero attached hydrogens (tertiary/aromatic N) is 2. The fourth-order valence-corrected chi connectivity index (χ4v) is 4.21. The van der Waals surface area contributed by atoms with Gasteiger partial charge in [-0.2, -0.15) is 5.26 Å². The topological polar surface area (TPSA) is 109 Å². The first-order valence-electron chi connectivity index (χ1n) is 10.9. The Bertz CT molecular complexity index is 1110. The van der Waals surface area contributed by atoms with E-state index in [1.807, 2.05) is 6.07 Å². The lowest BCUT2D eigenvalue weighted by Crippen LogP contribution is -2.48. The van der Waals surface area contributed by atoms with Crippen LogP contribution >= 0.6 is 11.6 Å². The third-order valence-corrected chi connectivity index (χ3v) is 5.96. The molecule has 178 valence electrons. The molecule has 2 aromatic carbocycles. The quantitative estimate of drug-likeness (QED) is 0.491. The van der Waals surface area contributed by atoms with Gasteiger partial charge >= 0.3 is 5.97 Å². The van der Waals surface area contributed by atoms with Gasteiger partial charge in [0, 0.05) is 18.4 Å². The van der Waals surface area contributed by atoms with Gasteiger partial charge in [0.25, 0.3) is 5.91 Å². The van der Waals surface area contributed by atoms with Crippen LogP contribution in [0.4, 0.5) is 0 Å². The lowest BCUT2D eigenvalue weighted by Gasteiger charge is -2.30. The fraction of sp³-hybridized carbons (Fsp3) is 0.360. The van der Waals surface area contributed by atoms with Crippen molar-refractivity contribution in [2.45, 2.75) is 45.3 Å². The Balaban J connectivity index is 1.78. The van der Waals surface area contributed by atoms with Gasteiger partial charge in [-0.1, -0.05) is 23.7 Å². The van der Waals surface area contributed by atoms with Crippen molar-refractivity contribution < 1.29 is 23.9 Å². The van der Waals surface area contributed by atoms with Crippen molar-refractivity contribution in [3.05, 3.63) is 64.2 Å². The van der Waals surface area contributed by atoms with E-state index in [2.05, 4.69) is 5.43 Å². The smallest absolute Gasteiger partial charge is 0.302 e. The molecule has 0 unspecified atom stereocenters. The molecule has 2 aromatic rings. The number of carbonyl (C=O) groups is 3. The molecule has 0 heterocycles. The van der Waals surface area contributed by atoms with Crippen LogP contribution in [0.2, 0.25) is 5.02 Å². The van der Waals surface area contributed by atoms with Crippen molar-refractivity contribution >= 4 is 29.4 Å². The summed E-state index contributed by atoms with van der Waals surface area (Å²) in [5.41, 5.74) is 4.06. The van der Waals surface area contributed by atoms with Crippen molar-refractivity contribution in [1.29, 1.82) is 5.26 Å². The maximum atomic E-state index is 13.3. The number of halogens is 1. The number of hydrazine groups is 1. The molecule has 0 aromatic heterocycles. The largest absolute Gasteiger partial charge is 0.495 e. The maximum Gasteiger partial charge on any atom is 0.302 e. The third-order valence-electron chi connectivity index (χ3n) is 5.66. The van der Waals surface area contributed by atoms with Gasteiger partial charge in [0.05, 0.1) is 30.3 Å². The highest BCUT2D eigenvalue weighted by Crippen LogP contribution is 2.28. The Morgan fingerprint density at radius 1 is 1.15 bits per heavy atom. The zero-order chi connectivity index (χ0) is 24.7. The second-order valence-corrected chi connectivity index (χ2v) is 8.52. The monoisotopic (exact) mass is 483 g/mol. The Kier molecular flexibility index (Phi) is 8.50. The summed E-state index contributed by atoms with van der Waals surface area (Å²) in [6, 6.07) is 13.4.